The smallest absolute Gasteiger partial charge is 0.287 e. The Morgan fingerprint density at radius 2 is 1.89 bits per heavy atom. The quantitative estimate of drug-likeness (QED) is 0.525. The first-order valence-corrected chi connectivity index (χ1v) is 10.2. The van der Waals surface area contributed by atoms with Crippen molar-refractivity contribution in [2.24, 2.45) is 0 Å². The zero-order valence-corrected chi connectivity index (χ0v) is 16.5. The zero-order chi connectivity index (χ0) is 19.9. The Morgan fingerprint density at radius 1 is 1.07 bits per heavy atom. The van der Waals surface area contributed by atoms with Crippen LogP contribution in [0.1, 0.15) is 0 Å². The molecule has 2 aromatic carbocycles. The van der Waals surface area contributed by atoms with Crippen LogP contribution in [0.3, 0.4) is 0 Å². The van der Waals surface area contributed by atoms with Gasteiger partial charge < -0.3 is 15.2 Å². The Labute approximate surface area is 164 Å². The minimum atomic E-state index is -4.07. The van der Waals surface area contributed by atoms with Crippen molar-refractivity contribution in [2.75, 3.05) is 20.0 Å². The fraction of sp³-hybridized carbons (Fsp3) is 0.118. The maximum Gasteiger partial charge on any atom is 0.287 e. The number of fused-ring (bicyclic) bond motifs is 1. The van der Waals surface area contributed by atoms with Crippen molar-refractivity contribution in [3.63, 3.8) is 0 Å². The van der Waals surface area contributed by atoms with Gasteiger partial charge in [-0.2, -0.15) is 22.3 Å². The third kappa shape index (κ3) is 2.84. The second-order valence-corrected chi connectivity index (χ2v) is 8.02. The number of rotatable bonds is 5. The summed E-state index contributed by atoms with van der Waals surface area (Å²) in [6, 6.07) is 11.3. The lowest BCUT2D eigenvalue weighted by atomic mass is 10.1. The molecule has 0 aliphatic carbocycles. The molecule has 0 aliphatic rings. The van der Waals surface area contributed by atoms with Crippen molar-refractivity contribution < 1.29 is 17.9 Å². The van der Waals surface area contributed by atoms with Gasteiger partial charge in [-0.25, -0.2) is 0 Å². The Bertz CT molecular complexity index is 1280. The van der Waals surface area contributed by atoms with Gasteiger partial charge >= 0.3 is 0 Å². The van der Waals surface area contributed by atoms with Crippen molar-refractivity contribution in [3.05, 3.63) is 42.5 Å². The summed E-state index contributed by atoms with van der Waals surface area (Å²) < 4.78 is 45.9. The number of hydrogen-bond acceptors (Lipinski definition) is 9. The van der Waals surface area contributed by atoms with Crippen molar-refractivity contribution >= 4 is 38.6 Å². The van der Waals surface area contributed by atoms with E-state index in [4.69, 9.17) is 15.2 Å². The van der Waals surface area contributed by atoms with Gasteiger partial charge in [0.05, 0.1) is 31.6 Å². The van der Waals surface area contributed by atoms with E-state index >= 15 is 0 Å². The van der Waals surface area contributed by atoms with E-state index in [9.17, 15) is 8.42 Å². The predicted molar refractivity (Wildman–Crippen MR) is 105 cm³/mol. The molecule has 144 valence electrons. The summed E-state index contributed by atoms with van der Waals surface area (Å²) in [5.41, 5.74) is 7.70. The predicted octanol–water partition coefficient (Wildman–Crippen LogP) is 2.39. The summed E-state index contributed by atoms with van der Waals surface area (Å²) in [4.78, 5) is -0.0122. The summed E-state index contributed by atoms with van der Waals surface area (Å²) in [7, 11) is -1.02. The molecule has 2 aromatic heterocycles. The highest BCUT2D eigenvalue weighted by Crippen LogP contribution is 2.34. The molecule has 0 spiro atoms. The van der Waals surface area contributed by atoms with Crippen molar-refractivity contribution in [2.45, 2.75) is 4.90 Å². The van der Waals surface area contributed by atoms with Gasteiger partial charge in [0.15, 0.2) is 0 Å². The lowest BCUT2D eigenvalue weighted by molar-refractivity contribution is 0.395. The number of ether oxygens (including phenoxy) is 2. The van der Waals surface area contributed by atoms with E-state index in [0.29, 0.717) is 28.3 Å². The molecule has 0 bridgehead atoms. The highest BCUT2D eigenvalue weighted by Gasteiger charge is 2.26. The summed E-state index contributed by atoms with van der Waals surface area (Å²) >= 11 is 0.939. The van der Waals surface area contributed by atoms with E-state index in [2.05, 4.69) is 13.8 Å². The minimum Gasteiger partial charge on any atom is -0.497 e. The molecule has 11 heteroatoms. The fourth-order valence-corrected chi connectivity index (χ4v) is 4.76. The topological polar surface area (TPSA) is 122 Å². The molecule has 2 N–H and O–H groups in total. The number of anilines is 1. The van der Waals surface area contributed by atoms with E-state index in [-0.39, 0.29) is 16.2 Å². The maximum absolute atomic E-state index is 13.2. The summed E-state index contributed by atoms with van der Waals surface area (Å²) in [5, 5.41) is 4.22. The van der Waals surface area contributed by atoms with Crippen molar-refractivity contribution in [1.82, 2.24) is 17.9 Å². The molecule has 0 amide bonds. The summed E-state index contributed by atoms with van der Waals surface area (Å²) in [6.45, 7) is 0. The summed E-state index contributed by atoms with van der Waals surface area (Å²) in [6.07, 6.45) is 0. The molecule has 28 heavy (non-hydrogen) atoms. The number of nitrogens with zero attached hydrogens (tertiary/aromatic N) is 4. The van der Waals surface area contributed by atoms with Gasteiger partial charge in [0.25, 0.3) is 10.0 Å². The van der Waals surface area contributed by atoms with E-state index in [1.807, 2.05) is 0 Å². The molecule has 4 aromatic rings. The third-order valence-electron chi connectivity index (χ3n) is 4.14. The Kier molecular flexibility index (Phi) is 4.40. The standard InChI is InChI=1S/C17H15N5O4S2/c1-25-10-6-7-11(14(8-10)26-2)13-9-16(18)22(19-13)28(23,24)15-5-3-4-12-17(15)21-27-20-12/h3-9H,18H2,1-2H3. The SMILES string of the molecule is COc1ccc(-c2cc(N)n(S(=O)(=O)c3cccc4nsnc34)n2)c(OC)c1. The van der Waals surface area contributed by atoms with Crippen LogP contribution in [0.25, 0.3) is 22.3 Å². The number of benzene rings is 2. The van der Waals surface area contributed by atoms with E-state index in [0.717, 1.165) is 15.8 Å². The zero-order valence-electron chi connectivity index (χ0n) is 14.9. The van der Waals surface area contributed by atoms with Gasteiger partial charge in [-0.15, -0.1) is 4.09 Å². The molecule has 2 heterocycles. The maximum atomic E-state index is 13.2. The molecule has 0 saturated heterocycles. The Morgan fingerprint density at radius 3 is 2.64 bits per heavy atom. The average Bonchev–Trinajstić information content (AvgIpc) is 3.33. The lowest BCUT2D eigenvalue weighted by Gasteiger charge is -2.09. The van der Waals surface area contributed by atoms with Crippen LogP contribution in [-0.4, -0.2) is 40.6 Å². The van der Waals surface area contributed by atoms with E-state index < -0.39 is 10.0 Å². The number of methoxy groups -OCH3 is 2. The number of nitrogen functional groups attached to an aromatic ring is 1. The Hall–Kier alpha value is -3.18. The monoisotopic (exact) mass is 417 g/mol. The molecule has 0 unspecified atom stereocenters. The van der Waals surface area contributed by atoms with Crippen molar-refractivity contribution in [1.29, 1.82) is 0 Å². The van der Waals surface area contributed by atoms with E-state index in [1.165, 1.54) is 19.2 Å². The first-order chi connectivity index (χ1) is 13.5. The molecule has 0 aliphatic heterocycles. The van der Waals surface area contributed by atoms with Crippen LogP contribution >= 0.6 is 11.7 Å². The fourth-order valence-electron chi connectivity index (χ4n) is 2.80. The van der Waals surface area contributed by atoms with Gasteiger partial charge in [-0.3, -0.25) is 0 Å². The normalized spacial score (nSPS) is 11.6. The van der Waals surface area contributed by atoms with Crippen LogP contribution < -0.4 is 15.2 Å². The minimum absolute atomic E-state index is 0.0122. The first kappa shape index (κ1) is 18.2. The molecule has 0 fully saturated rings. The molecule has 9 nitrogen and oxygen atoms in total. The first-order valence-electron chi connectivity index (χ1n) is 8.00. The van der Waals surface area contributed by atoms with Gasteiger partial charge in [-0.1, -0.05) is 6.07 Å². The Balaban J connectivity index is 1.86. The van der Waals surface area contributed by atoms with Crippen LogP contribution in [0, 0.1) is 0 Å². The van der Waals surface area contributed by atoms with Crippen LogP contribution in [0.2, 0.25) is 0 Å². The van der Waals surface area contributed by atoms with Crippen LogP contribution in [0.5, 0.6) is 11.5 Å². The molecule has 0 saturated carbocycles. The third-order valence-corrected chi connectivity index (χ3v) is 6.32. The number of hydrogen-bond donors (Lipinski definition) is 1. The van der Waals surface area contributed by atoms with Crippen LogP contribution in [-0.2, 0) is 10.0 Å². The van der Waals surface area contributed by atoms with Crippen LogP contribution in [0.4, 0.5) is 5.82 Å². The lowest BCUT2D eigenvalue weighted by Crippen LogP contribution is -2.17. The second kappa shape index (κ2) is 6.77. The molecular weight excluding hydrogens is 402 g/mol. The van der Waals surface area contributed by atoms with E-state index in [1.54, 1.807) is 37.4 Å². The average molecular weight is 417 g/mol. The van der Waals surface area contributed by atoms with Crippen molar-refractivity contribution in [3.8, 4) is 22.8 Å². The summed E-state index contributed by atoms with van der Waals surface area (Å²) in [5.74, 6) is 1.04. The van der Waals surface area contributed by atoms with Gasteiger partial charge in [-0.05, 0) is 24.3 Å². The molecular formula is C17H15N5O4S2. The highest BCUT2D eigenvalue weighted by molar-refractivity contribution is 7.90. The van der Waals surface area contributed by atoms with Gasteiger partial charge in [0.1, 0.15) is 33.2 Å². The highest BCUT2D eigenvalue weighted by atomic mass is 32.2. The van der Waals surface area contributed by atoms with Crippen LogP contribution in [0.15, 0.2) is 47.4 Å². The van der Waals surface area contributed by atoms with Gasteiger partial charge in [0, 0.05) is 17.7 Å². The molecule has 0 radical (unpaired) electrons. The number of aromatic nitrogens is 4. The van der Waals surface area contributed by atoms with Gasteiger partial charge in [0.2, 0.25) is 0 Å². The number of nitrogens with two attached hydrogens (primary N) is 1. The molecule has 4 rings (SSSR count). The largest absolute Gasteiger partial charge is 0.497 e. The molecule has 0 atom stereocenters. The second-order valence-electron chi connectivity index (χ2n) is 5.76.